The number of esters is 1. The number of anilines is 1. The number of nitrogens with zero attached hydrogens (tertiary/aromatic N) is 1. The molecule has 0 bridgehead atoms. The largest absolute Gasteiger partial charge is 0.422 e. The minimum absolute atomic E-state index is 0.143. The van der Waals surface area contributed by atoms with E-state index in [1.807, 2.05) is 13.0 Å². The molecule has 2 aliphatic rings. The second-order valence-corrected chi connectivity index (χ2v) is 7.52. The van der Waals surface area contributed by atoms with Gasteiger partial charge in [0.15, 0.2) is 0 Å². The van der Waals surface area contributed by atoms with Gasteiger partial charge in [-0.25, -0.2) is 4.79 Å². The molecule has 6 heteroatoms. The maximum Gasteiger partial charge on any atom is 0.353 e. The van der Waals surface area contributed by atoms with Crippen LogP contribution in [-0.4, -0.2) is 17.8 Å². The Morgan fingerprint density at radius 3 is 2.54 bits per heavy atom. The molecule has 2 heterocycles. The van der Waals surface area contributed by atoms with Crippen LogP contribution >= 0.6 is 11.3 Å². The Balaban J connectivity index is 1.51. The van der Waals surface area contributed by atoms with E-state index in [9.17, 15) is 14.4 Å². The van der Waals surface area contributed by atoms with Gasteiger partial charge in [0.2, 0.25) is 11.8 Å². The molecule has 1 aromatic heterocycles. The van der Waals surface area contributed by atoms with Crippen LogP contribution in [0.1, 0.15) is 29.4 Å². The Hall–Kier alpha value is -2.73. The van der Waals surface area contributed by atoms with Gasteiger partial charge in [-0.15, -0.1) is 11.3 Å². The summed E-state index contributed by atoms with van der Waals surface area (Å²) in [7, 11) is 0. The van der Waals surface area contributed by atoms with Gasteiger partial charge in [0.1, 0.15) is 10.6 Å². The summed E-state index contributed by atoms with van der Waals surface area (Å²) in [4.78, 5) is 39.2. The molecule has 2 aromatic rings. The molecule has 0 N–H and O–H groups in total. The van der Waals surface area contributed by atoms with E-state index in [4.69, 9.17) is 4.74 Å². The molecular formula is C20H17NO4S. The third-order valence-corrected chi connectivity index (χ3v) is 5.70. The minimum Gasteiger partial charge on any atom is -0.422 e. The van der Waals surface area contributed by atoms with Crippen LogP contribution < -0.4 is 9.64 Å². The molecule has 1 fully saturated rings. The van der Waals surface area contributed by atoms with Crippen LogP contribution in [0.15, 0.2) is 53.4 Å². The molecule has 0 saturated carbocycles. The van der Waals surface area contributed by atoms with Crippen molar-refractivity contribution < 1.29 is 19.1 Å². The van der Waals surface area contributed by atoms with Gasteiger partial charge in [0, 0.05) is 0 Å². The highest BCUT2D eigenvalue weighted by molar-refractivity contribution is 7.12. The van der Waals surface area contributed by atoms with E-state index in [0.717, 1.165) is 5.57 Å². The van der Waals surface area contributed by atoms with Crippen LogP contribution in [0.3, 0.4) is 0 Å². The van der Waals surface area contributed by atoms with Crippen molar-refractivity contribution in [1.82, 2.24) is 0 Å². The van der Waals surface area contributed by atoms with Gasteiger partial charge in [-0.05, 0) is 55.5 Å². The molecule has 1 aliphatic carbocycles. The second-order valence-electron chi connectivity index (χ2n) is 6.58. The van der Waals surface area contributed by atoms with Crippen LogP contribution in [0.25, 0.3) is 0 Å². The lowest BCUT2D eigenvalue weighted by molar-refractivity contribution is -0.122. The molecule has 2 amide bonds. The summed E-state index contributed by atoms with van der Waals surface area (Å²) in [6.45, 7) is 1.99. The highest BCUT2D eigenvalue weighted by Gasteiger charge is 2.48. The number of allylic oxidation sites excluding steroid dienone is 2. The topological polar surface area (TPSA) is 63.7 Å². The van der Waals surface area contributed by atoms with Gasteiger partial charge in [-0.1, -0.05) is 17.7 Å². The first-order chi connectivity index (χ1) is 12.5. The first-order valence-corrected chi connectivity index (χ1v) is 9.32. The number of imide groups is 1. The highest BCUT2D eigenvalue weighted by Crippen LogP contribution is 2.40. The molecule has 26 heavy (non-hydrogen) atoms. The Morgan fingerprint density at radius 1 is 1.12 bits per heavy atom. The Bertz CT molecular complexity index is 898. The van der Waals surface area contributed by atoms with E-state index in [2.05, 4.69) is 0 Å². The maximum absolute atomic E-state index is 12.7. The zero-order valence-electron chi connectivity index (χ0n) is 14.2. The van der Waals surface area contributed by atoms with Gasteiger partial charge >= 0.3 is 5.97 Å². The summed E-state index contributed by atoms with van der Waals surface area (Å²) < 4.78 is 5.31. The van der Waals surface area contributed by atoms with Crippen molar-refractivity contribution in [1.29, 1.82) is 0 Å². The van der Waals surface area contributed by atoms with Crippen molar-refractivity contribution in [3.05, 3.63) is 58.3 Å². The highest BCUT2D eigenvalue weighted by atomic mass is 32.1. The average molecular weight is 367 g/mol. The molecule has 4 rings (SSSR count). The van der Waals surface area contributed by atoms with Crippen LogP contribution in [0.5, 0.6) is 5.75 Å². The Labute approximate surface area is 154 Å². The summed E-state index contributed by atoms with van der Waals surface area (Å²) in [6, 6.07) is 9.97. The third kappa shape index (κ3) is 2.86. The number of benzene rings is 1. The van der Waals surface area contributed by atoms with E-state index in [-0.39, 0.29) is 23.7 Å². The molecule has 5 nitrogen and oxygen atoms in total. The Kier molecular flexibility index (Phi) is 4.20. The molecule has 0 spiro atoms. The molecule has 1 aromatic carbocycles. The lowest BCUT2D eigenvalue weighted by Crippen LogP contribution is -2.30. The van der Waals surface area contributed by atoms with E-state index in [0.29, 0.717) is 29.2 Å². The number of fused-ring (bicyclic) bond motifs is 1. The maximum atomic E-state index is 12.7. The second kappa shape index (κ2) is 6.53. The monoisotopic (exact) mass is 367 g/mol. The van der Waals surface area contributed by atoms with Gasteiger partial charge in [0.25, 0.3) is 0 Å². The molecule has 1 aliphatic heterocycles. The van der Waals surface area contributed by atoms with Gasteiger partial charge < -0.3 is 4.74 Å². The number of thiophene rings is 1. The smallest absolute Gasteiger partial charge is 0.353 e. The predicted molar refractivity (Wildman–Crippen MR) is 98.2 cm³/mol. The third-order valence-electron chi connectivity index (χ3n) is 4.85. The van der Waals surface area contributed by atoms with Crippen molar-refractivity contribution >= 4 is 34.8 Å². The number of rotatable bonds is 3. The number of carbonyl (C=O) groups is 3. The van der Waals surface area contributed by atoms with Crippen molar-refractivity contribution in [3.8, 4) is 5.75 Å². The predicted octanol–water partition coefficient (Wildman–Crippen LogP) is 3.81. The molecule has 132 valence electrons. The molecule has 1 saturated heterocycles. The summed E-state index contributed by atoms with van der Waals surface area (Å²) in [5.74, 6) is -0.857. The SMILES string of the molecule is CC1=CC[C@H]2C(=O)N(c3ccc(OC(=O)c4cccs4)cc3)C(=O)[C@H]2C1. The number of ether oxygens (including phenoxy) is 1. The fourth-order valence-electron chi connectivity index (χ4n) is 3.51. The molecular weight excluding hydrogens is 350 g/mol. The Morgan fingerprint density at radius 2 is 1.85 bits per heavy atom. The van der Waals surface area contributed by atoms with Crippen LogP contribution in [-0.2, 0) is 9.59 Å². The fraction of sp³-hybridized carbons (Fsp3) is 0.250. The first-order valence-electron chi connectivity index (χ1n) is 8.44. The minimum atomic E-state index is -0.423. The zero-order chi connectivity index (χ0) is 18.3. The lowest BCUT2D eigenvalue weighted by atomic mass is 9.82. The van der Waals surface area contributed by atoms with Crippen molar-refractivity contribution in [2.24, 2.45) is 11.8 Å². The van der Waals surface area contributed by atoms with E-state index < -0.39 is 5.97 Å². The molecule has 2 atom stereocenters. The number of hydrogen-bond donors (Lipinski definition) is 0. The zero-order valence-corrected chi connectivity index (χ0v) is 15.0. The van der Waals surface area contributed by atoms with E-state index >= 15 is 0 Å². The normalized spacial score (nSPS) is 22.2. The summed E-state index contributed by atoms with van der Waals surface area (Å²) >= 11 is 1.31. The van der Waals surface area contributed by atoms with Crippen molar-refractivity contribution in [3.63, 3.8) is 0 Å². The average Bonchev–Trinajstić information content (AvgIpc) is 3.24. The summed E-state index contributed by atoms with van der Waals surface area (Å²) in [5, 5.41) is 1.81. The first kappa shape index (κ1) is 16.7. The van der Waals surface area contributed by atoms with Crippen LogP contribution in [0.2, 0.25) is 0 Å². The van der Waals surface area contributed by atoms with E-state index in [1.165, 1.54) is 16.2 Å². The standard InChI is InChI=1S/C20H17NO4S/c1-12-4-9-15-16(11-12)19(23)21(18(15)22)13-5-7-14(8-6-13)25-20(24)17-3-2-10-26-17/h2-8,10,15-16H,9,11H2,1H3/t15-,16+/m1/s1. The van der Waals surface area contributed by atoms with Crippen molar-refractivity contribution in [2.45, 2.75) is 19.8 Å². The number of amides is 2. The van der Waals surface area contributed by atoms with E-state index in [1.54, 1.807) is 41.8 Å². The van der Waals surface area contributed by atoms with Crippen molar-refractivity contribution in [2.75, 3.05) is 4.90 Å². The summed E-state index contributed by atoms with van der Waals surface area (Å²) in [5.41, 5.74) is 1.67. The van der Waals surface area contributed by atoms with Gasteiger partial charge in [0.05, 0.1) is 17.5 Å². The molecule has 0 unspecified atom stereocenters. The van der Waals surface area contributed by atoms with Crippen LogP contribution in [0, 0.1) is 11.8 Å². The van der Waals surface area contributed by atoms with Gasteiger partial charge in [-0.2, -0.15) is 0 Å². The molecule has 0 radical (unpaired) electrons. The van der Waals surface area contributed by atoms with Gasteiger partial charge in [-0.3, -0.25) is 14.5 Å². The summed E-state index contributed by atoms with van der Waals surface area (Å²) in [6.07, 6.45) is 3.30. The number of carbonyl (C=O) groups excluding carboxylic acids is 3. The quantitative estimate of drug-likeness (QED) is 0.358. The number of hydrogen-bond acceptors (Lipinski definition) is 5. The lowest BCUT2D eigenvalue weighted by Gasteiger charge is -2.18. The fourth-order valence-corrected chi connectivity index (χ4v) is 4.11. The van der Waals surface area contributed by atoms with Crippen LogP contribution in [0.4, 0.5) is 5.69 Å².